The van der Waals surface area contributed by atoms with Crippen molar-refractivity contribution in [3.63, 3.8) is 0 Å². The number of nitrogens with two attached hydrogens (primary N) is 1. The molecular formula is C11H10BrN3S. The van der Waals surface area contributed by atoms with Crippen LogP contribution >= 0.6 is 27.7 Å². The highest BCUT2D eigenvalue weighted by Gasteiger charge is 1.98. The minimum absolute atomic E-state index is 0.455. The predicted molar refractivity (Wildman–Crippen MR) is 70.1 cm³/mol. The van der Waals surface area contributed by atoms with Crippen molar-refractivity contribution in [2.24, 2.45) is 0 Å². The van der Waals surface area contributed by atoms with Crippen molar-refractivity contribution < 1.29 is 0 Å². The first-order valence-corrected chi connectivity index (χ1v) is 6.46. The average molecular weight is 296 g/mol. The molecule has 0 amide bonds. The molecule has 0 aliphatic rings. The second kappa shape index (κ2) is 5.32. The lowest BCUT2D eigenvalue weighted by molar-refractivity contribution is 1.11. The van der Waals surface area contributed by atoms with Crippen LogP contribution in [-0.2, 0) is 5.75 Å². The topological polar surface area (TPSA) is 51.8 Å². The molecule has 0 atom stereocenters. The highest BCUT2D eigenvalue weighted by molar-refractivity contribution is 9.10. The number of rotatable bonds is 3. The van der Waals surface area contributed by atoms with Crippen LogP contribution in [0.4, 0.5) is 5.82 Å². The fourth-order valence-corrected chi connectivity index (χ4v) is 2.55. The summed E-state index contributed by atoms with van der Waals surface area (Å²) in [5, 5.41) is 0. The molecule has 2 aromatic rings. The number of nitrogen functional groups attached to an aromatic ring is 1. The van der Waals surface area contributed by atoms with Gasteiger partial charge in [0, 0.05) is 15.1 Å². The van der Waals surface area contributed by atoms with Crippen LogP contribution in [-0.4, -0.2) is 9.97 Å². The van der Waals surface area contributed by atoms with E-state index >= 15 is 0 Å². The number of hydrogen-bond acceptors (Lipinski definition) is 4. The lowest BCUT2D eigenvalue weighted by Gasteiger charge is -2.01. The predicted octanol–water partition coefficient (Wildman–Crippen LogP) is 3.11. The van der Waals surface area contributed by atoms with Crippen LogP contribution in [0.15, 0.2) is 46.0 Å². The van der Waals surface area contributed by atoms with Crippen molar-refractivity contribution in [1.82, 2.24) is 9.97 Å². The molecular weight excluding hydrogens is 286 g/mol. The second-order valence-corrected chi connectivity index (χ2v) is 5.14. The molecule has 1 aromatic heterocycles. The third-order valence-corrected chi connectivity index (χ3v) is 3.43. The maximum absolute atomic E-state index is 5.47. The van der Waals surface area contributed by atoms with Crippen molar-refractivity contribution in [1.29, 1.82) is 0 Å². The molecule has 0 saturated carbocycles. The summed E-state index contributed by atoms with van der Waals surface area (Å²) in [4.78, 5) is 9.40. The molecule has 0 unspecified atom stereocenters. The van der Waals surface area contributed by atoms with Crippen LogP contribution in [0.1, 0.15) is 5.69 Å². The first-order chi connectivity index (χ1) is 7.74. The molecule has 2 N–H and O–H groups in total. The van der Waals surface area contributed by atoms with Gasteiger partial charge in [-0.25, -0.2) is 4.98 Å². The molecule has 0 fully saturated rings. The Morgan fingerprint density at radius 3 is 2.81 bits per heavy atom. The van der Waals surface area contributed by atoms with Crippen LogP contribution in [0.5, 0.6) is 0 Å². The summed E-state index contributed by atoms with van der Waals surface area (Å²) in [6.45, 7) is 0. The smallest absolute Gasteiger partial charge is 0.141 e. The zero-order valence-electron chi connectivity index (χ0n) is 8.43. The molecule has 0 radical (unpaired) electrons. The van der Waals surface area contributed by atoms with E-state index in [4.69, 9.17) is 5.73 Å². The van der Waals surface area contributed by atoms with Crippen molar-refractivity contribution in [2.75, 3.05) is 5.73 Å². The Morgan fingerprint density at radius 1 is 1.25 bits per heavy atom. The Balaban J connectivity index is 1.99. The Morgan fingerprint density at radius 2 is 2.12 bits per heavy atom. The highest BCUT2D eigenvalue weighted by atomic mass is 79.9. The van der Waals surface area contributed by atoms with Crippen molar-refractivity contribution in [3.05, 3.63) is 46.8 Å². The Kier molecular flexibility index (Phi) is 3.79. The standard InChI is InChI=1S/C11H10BrN3S/c12-8-2-1-3-10(4-8)16-7-9-5-15-11(13)6-14-9/h1-6H,7H2,(H2,13,15). The molecule has 16 heavy (non-hydrogen) atoms. The van der Waals surface area contributed by atoms with Gasteiger partial charge in [-0.15, -0.1) is 11.8 Å². The normalized spacial score (nSPS) is 10.3. The Bertz CT molecular complexity index is 473. The number of thioether (sulfide) groups is 1. The highest BCUT2D eigenvalue weighted by Crippen LogP contribution is 2.24. The maximum Gasteiger partial charge on any atom is 0.141 e. The number of hydrogen-bond donors (Lipinski definition) is 1. The van der Waals surface area contributed by atoms with Gasteiger partial charge in [0.05, 0.1) is 18.1 Å². The molecule has 0 aliphatic heterocycles. The summed E-state index contributed by atoms with van der Waals surface area (Å²) in [5.41, 5.74) is 6.40. The Hall–Kier alpha value is -1.07. The van der Waals surface area contributed by atoms with Gasteiger partial charge in [0.25, 0.3) is 0 Å². The Labute approximate surface area is 107 Å². The van der Waals surface area contributed by atoms with Crippen LogP contribution in [0.3, 0.4) is 0 Å². The number of nitrogens with zero attached hydrogens (tertiary/aromatic N) is 2. The van der Waals surface area contributed by atoms with Gasteiger partial charge < -0.3 is 5.73 Å². The van der Waals surface area contributed by atoms with E-state index < -0.39 is 0 Å². The van der Waals surface area contributed by atoms with E-state index in [2.05, 4.69) is 38.0 Å². The maximum atomic E-state index is 5.47. The van der Waals surface area contributed by atoms with E-state index in [0.717, 1.165) is 15.9 Å². The molecule has 1 heterocycles. The van der Waals surface area contributed by atoms with Crippen LogP contribution in [0, 0.1) is 0 Å². The third-order valence-electron chi connectivity index (χ3n) is 1.91. The summed E-state index contributed by atoms with van der Waals surface area (Å²) in [7, 11) is 0. The number of halogens is 1. The third kappa shape index (κ3) is 3.21. The molecule has 5 heteroatoms. The van der Waals surface area contributed by atoms with Gasteiger partial charge in [-0.2, -0.15) is 0 Å². The number of aromatic nitrogens is 2. The van der Waals surface area contributed by atoms with Gasteiger partial charge in [-0.05, 0) is 18.2 Å². The molecule has 3 nitrogen and oxygen atoms in total. The van der Waals surface area contributed by atoms with Crippen LogP contribution in [0.2, 0.25) is 0 Å². The lowest BCUT2D eigenvalue weighted by Crippen LogP contribution is -1.94. The van der Waals surface area contributed by atoms with Gasteiger partial charge in [0.1, 0.15) is 5.82 Å². The molecule has 0 saturated heterocycles. The summed E-state index contributed by atoms with van der Waals surface area (Å²) >= 11 is 5.16. The van der Waals surface area contributed by atoms with E-state index in [1.165, 1.54) is 4.90 Å². The van der Waals surface area contributed by atoms with Crippen molar-refractivity contribution in [2.45, 2.75) is 10.6 Å². The fraction of sp³-hybridized carbons (Fsp3) is 0.0909. The fourth-order valence-electron chi connectivity index (χ4n) is 1.15. The van der Waals surface area contributed by atoms with E-state index in [9.17, 15) is 0 Å². The van der Waals surface area contributed by atoms with E-state index in [0.29, 0.717) is 5.82 Å². The van der Waals surface area contributed by atoms with Crippen LogP contribution in [0.25, 0.3) is 0 Å². The van der Waals surface area contributed by atoms with Gasteiger partial charge in [-0.1, -0.05) is 22.0 Å². The lowest BCUT2D eigenvalue weighted by atomic mass is 10.4. The van der Waals surface area contributed by atoms with Crippen molar-refractivity contribution in [3.8, 4) is 0 Å². The molecule has 0 spiro atoms. The molecule has 2 rings (SSSR count). The average Bonchev–Trinajstić information content (AvgIpc) is 2.28. The summed E-state index contributed by atoms with van der Waals surface area (Å²) in [6, 6.07) is 8.17. The molecule has 1 aromatic carbocycles. The summed E-state index contributed by atoms with van der Waals surface area (Å²) in [5.74, 6) is 1.25. The number of benzene rings is 1. The molecule has 82 valence electrons. The van der Waals surface area contributed by atoms with Gasteiger partial charge in [0.2, 0.25) is 0 Å². The van der Waals surface area contributed by atoms with Crippen molar-refractivity contribution >= 4 is 33.5 Å². The molecule has 0 aliphatic carbocycles. The first kappa shape index (κ1) is 11.4. The van der Waals surface area contributed by atoms with Gasteiger partial charge in [0.15, 0.2) is 0 Å². The number of anilines is 1. The van der Waals surface area contributed by atoms with Gasteiger partial charge in [-0.3, -0.25) is 4.98 Å². The second-order valence-electron chi connectivity index (χ2n) is 3.18. The monoisotopic (exact) mass is 295 g/mol. The first-order valence-electron chi connectivity index (χ1n) is 4.69. The minimum atomic E-state index is 0.455. The summed E-state index contributed by atoms with van der Waals surface area (Å²) < 4.78 is 1.08. The van der Waals surface area contributed by atoms with E-state index in [-0.39, 0.29) is 0 Å². The van der Waals surface area contributed by atoms with E-state index in [1.54, 1.807) is 24.2 Å². The zero-order chi connectivity index (χ0) is 11.4. The SMILES string of the molecule is Nc1cnc(CSc2cccc(Br)c2)cn1. The van der Waals surface area contributed by atoms with Gasteiger partial charge >= 0.3 is 0 Å². The van der Waals surface area contributed by atoms with E-state index in [1.807, 2.05) is 12.1 Å². The minimum Gasteiger partial charge on any atom is -0.382 e. The largest absolute Gasteiger partial charge is 0.382 e. The zero-order valence-corrected chi connectivity index (χ0v) is 10.8. The summed E-state index contributed by atoms with van der Waals surface area (Å²) in [6.07, 6.45) is 3.29. The van der Waals surface area contributed by atoms with Crippen LogP contribution < -0.4 is 5.73 Å². The quantitative estimate of drug-likeness (QED) is 0.884. The molecule has 0 bridgehead atoms.